The zero-order valence-corrected chi connectivity index (χ0v) is 16.4. The van der Waals surface area contributed by atoms with Crippen molar-refractivity contribution in [2.75, 3.05) is 18.7 Å². The van der Waals surface area contributed by atoms with E-state index < -0.39 is 42.0 Å². The average Bonchev–Trinajstić information content (AvgIpc) is 3.25. The van der Waals surface area contributed by atoms with E-state index in [0.29, 0.717) is 30.0 Å². The molecule has 0 aliphatic carbocycles. The zero-order valence-electron chi connectivity index (χ0n) is 16.4. The maximum absolute atomic E-state index is 12.5. The summed E-state index contributed by atoms with van der Waals surface area (Å²) in [5.41, 5.74) is -0.549. The molecule has 2 N–H and O–H groups in total. The van der Waals surface area contributed by atoms with Crippen molar-refractivity contribution in [3.8, 4) is 11.5 Å². The predicted octanol–water partition coefficient (Wildman–Crippen LogP) is 1.40. The molecular formula is C19H23N3O7. The van der Waals surface area contributed by atoms with Crippen molar-refractivity contribution >= 4 is 29.5 Å². The van der Waals surface area contributed by atoms with Crippen molar-refractivity contribution in [1.82, 2.24) is 10.2 Å². The summed E-state index contributed by atoms with van der Waals surface area (Å²) in [6.07, 6.45) is -0.308. The number of nitrogens with zero attached hydrogens (tertiary/aromatic N) is 1. The zero-order chi connectivity index (χ0) is 21.2. The molecule has 156 valence electrons. The van der Waals surface area contributed by atoms with E-state index in [2.05, 4.69) is 10.6 Å². The van der Waals surface area contributed by atoms with Gasteiger partial charge in [0.1, 0.15) is 12.1 Å². The van der Waals surface area contributed by atoms with Gasteiger partial charge in [0, 0.05) is 11.8 Å². The Labute approximate surface area is 167 Å². The maximum atomic E-state index is 12.5. The molecule has 4 amide bonds. The molecule has 0 aromatic heterocycles. The third-order valence-electron chi connectivity index (χ3n) is 5.06. The first-order valence-electron chi connectivity index (χ1n) is 9.33. The molecule has 10 heteroatoms. The van der Waals surface area contributed by atoms with E-state index in [0.717, 1.165) is 4.90 Å². The number of ether oxygens (including phenoxy) is 3. The van der Waals surface area contributed by atoms with Crippen LogP contribution in [0.1, 0.15) is 33.6 Å². The van der Waals surface area contributed by atoms with Crippen molar-refractivity contribution in [3.05, 3.63) is 18.2 Å². The number of amides is 4. The van der Waals surface area contributed by atoms with Crippen LogP contribution < -0.4 is 20.1 Å². The SMILES string of the molecule is CCC1(CC)NC(=O)N(CC(=O)O[C@@H](C)C(=O)Nc2ccc3c(c2)OCO3)C1=O. The van der Waals surface area contributed by atoms with Gasteiger partial charge < -0.3 is 24.8 Å². The summed E-state index contributed by atoms with van der Waals surface area (Å²) in [5.74, 6) is -0.815. The number of carbonyl (C=O) groups excluding carboxylic acids is 4. The Morgan fingerprint density at radius 1 is 1.24 bits per heavy atom. The fourth-order valence-corrected chi connectivity index (χ4v) is 3.18. The third-order valence-corrected chi connectivity index (χ3v) is 5.06. The van der Waals surface area contributed by atoms with Gasteiger partial charge in [-0.1, -0.05) is 13.8 Å². The van der Waals surface area contributed by atoms with E-state index in [4.69, 9.17) is 14.2 Å². The lowest BCUT2D eigenvalue weighted by Crippen LogP contribution is -2.46. The van der Waals surface area contributed by atoms with Crippen molar-refractivity contribution < 1.29 is 33.4 Å². The van der Waals surface area contributed by atoms with Gasteiger partial charge in [-0.15, -0.1) is 0 Å². The number of anilines is 1. The van der Waals surface area contributed by atoms with Gasteiger partial charge in [-0.05, 0) is 31.9 Å². The highest BCUT2D eigenvalue weighted by Gasteiger charge is 2.49. The van der Waals surface area contributed by atoms with Crippen LogP contribution in [0.25, 0.3) is 0 Å². The van der Waals surface area contributed by atoms with Gasteiger partial charge in [-0.25, -0.2) is 4.79 Å². The predicted molar refractivity (Wildman–Crippen MR) is 100 cm³/mol. The largest absolute Gasteiger partial charge is 0.454 e. The molecule has 1 fully saturated rings. The highest BCUT2D eigenvalue weighted by atomic mass is 16.7. The highest BCUT2D eigenvalue weighted by molar-refractivity contribution is 6.08. The molecule has 2 aliphatic heterocycles. The molecular weight excluding hydrogens is 382 g/mol. The molecule has 1 aromatic carbocycles. The number of carbonyl (C=O) groups is 4. The molecule has 0 saturated carbocycles. The molecule has 3 rings (SSSR count). The monoisotopic (exact) mass is 405 g/mol. The van der Waals surface area contributed by atoms with Crippen molar-refractivity contribution in [1.29, 1.82) is 0 Å². The second-order valence-electron chi connectivity index (χ2n) is 6.80. The van der Waals surface area contributed by atoms with Crippen molar-refractivity contribution in [2.24, 2.45) is 0 Å². The lowest BCUT2D eigenvalue weighted by molar-refractivity contribution is -0.155. The molecule has 0 unspecified atom stereocenters. The number of esters is 1. The van der Waals surface area contributed by atoms with Gasteiger partial charge in [0.15, 0.2) is 17.6 Å². The van der Waals surface area contributed by atoms with Gasteiger partial charge in [-0.3, -0.25) is 19.3 Å². The molecule has 1 aromatic rings. The average molecular weight is 405 g/mol. The summed E-state index contributed by atoms with van der Waals surface area (Å²) in [6.45, 7) is 4.52. The quantitative estimate of drug-likeness (QED) is 0.519. The van der Waals surface area contributed by atoms with Crippen LogP contribution in [0, 0.1) is 0 Å². The van der Waals surface area contributed by atoms with E-state index in [-0.39, 0.29) is 6.79 Å². The Hall–Kier alpha value is -3.30. The van der Waals surface area contributed by atoms with Gasteiger partial charge in [0.2, 0.25) is 6.79 Å². The third kappa shape index (κ3) is 3.96. The van der Waals surface area contributed by atoms with E-state index >= 15 is 0 Å². The van der Waals surface area contributed by atoms with E-state index in [9.17, 15) is 19.2 Å². The number of benzene rings is 1. The van der Waals surface area contributed by atoms with Crippen molar-refractivity contribution in [3.63, 3.8) is 0 Å². The van der Waals surface area contributed by atoms with Crippen LogP contribution in [0.2, 0.25) is 0 Å². The smallest absolute Gasteiger partial charge is 0.327 e. The number of hydrogen-bond acceptors (Lipinski definition) is 7. The van der Waals surface area contributed by atoms with Gasteiger partial charge in [0.05, 0.1) is 0 Å². The van der Waals surface area contributed by atoms with Gasteiger partial charge in [0.25, 0.3) is 11.8 Å². The fourth-order valence-electron chi connectivity index (χ4n) is 3.18. The Morgan fingerprint density at radius 2 is 1.93 bits per heavy atom. The second-order valence-corrected chi connectivity index (χ2v) is 6.80. The Kier molecular flexibility index (Phi) is 5.62. The summed E-state index contributed by atoms with van der Waals surface area (Å²) < 4.78 is 15.5. The molecule has 1 atom stereocenters. The normalized spacial score (nSPS) is 17.7. The summed E-state index contributed by atoms with van der Waals surface area (Å²) >= 11 is 0. The number of nitrogens with one attached hydrogen (secondary N) is 2. The van der Waals surface area contributed by atoms with Gasteiger partial charge in [-0.2, -0.15) is 0 Å². The van der Waals surface area contributed by atoms with Crippen LogP contribution in [0.5, 0.6) is 11.5 Å². The summed E-state index contributed by atoms with van der Waals surface area (Å²) in [4.78, 5) is 49.9. The first-order valence-corrected chi connectivity index (χ1v) is 9.33. The van der Waals surface area contributed by atoms with Crippen LogP contribution in [0.3, 0.4) is 0 Å². The standard InChI is InChI=1S/C19H23N3O7/c1-4-19(5-2)17(25)22(18(26)21-19)9-15(23)29-11(3)16(24)20-12-6-7-13-14(8-12)28-10-27-13/h6-8,11H,4-5,9-10H2,1-3H3,(H,20,24)(H,21,26)/t11-/m0/s1. The van der Waals surface area contributed by atoms with Crippen LogP contribution in [0.15, 0.2) is 18.2 Å². The van der Waals surface area contributed by atoms with Crippen molar-refractivity contribution in [2.45, 2.75) is 45.3 Å². The van der Waals surface area contributed by atoms with Gasteiger partial charge >= 0.3 is 12.0 Å². The number of rotatable bonds is 7. The van der Waals surface area contributed by atoms with E-state index in [1.165, 1.54) is 6.92 Å². The molecule has 2 heterocycles. The summed E-state index contributed by atoms with van der Waals surface area (Å²) in [6, 6.07) is 4.23. The van der Waals surface area contributed by atoms with E-state index in [1.54, 1.807) is 32.0 Å². The minimum Gasteiger partial charge on any atom is -0.454 e. The first kappa shape index (κ1) is 20.4. The molecule has 10 nitrogen and oxygen atoms in total. The molecule has 1 saturated heterocycles. The number of imide groups is 1. The highest BCUT2D eigenvalue weighted by Crippen LogP contribution is 2.34. The van der Waals surface area contributed by atoms with E-state index in [1.807, 2.05) is 0 Å². The van der Waals surface area contributed by atoms with Crippen LogP contribution >= 0.6 is 0 Å². The lowest BCUT2D eigenvalue weighted by Gasteiger charge is -2.23. The van der Waals surface area contributed by atoms with Crippen LogP contribution in [-0.2, 0) is 19.1 Å². The Morgan fingerprint density at radius 3 is 2.59 bits per heavy atom. The number of fused-ring (bicyclic) bond motifs is 1. The Bertz CT molecular complexity index is 850. The molecule has 0 radical (unpaired) electrons. The lowest BCUT2D eigenvalue weighted by atomic mass is 9.93. The summed E-state index contributed by atoms with van der Waals surface area (Å²) in [5, 5.41) is 5.24. The fraction of sp³-hybridized carbons (Fsp3) is 0.474. The number of urea groups is 1. The first-order chi connectivity index (χ1) is 13.8. The van der Waals surface area contributed by atoms with Crippen LogP contribution in [0.4, 0.5) is 10.5 Å². The molecule has 29 heavy (non-hydrogen) atoms. The number of hydrogen-bond donors (Lipinski definition) is 2. The maximum Gasteiger partial charge on any atom is 0.327 e. The molecule has 0 spiro atoms. The van der Waals surface area contributed by atoms with Crippen LogP contribution in [-0.4, -0.2) is 53.7 Å². The minimum absolute atomic E-state index is 0.112. The molecule has 0 bridgehead atoms. The topological polar surface area (TPSA) is 123 Å². The summed E-state index contributed by atoms with van der Waals surface area (Å²) in [7, 11) is 0. The molecule has 2 aliphatic rings. The second kappa shape index (κ2) is 7.98. The Balaban J connectivity index is 1.55. The minimum atomic E-state index is -1.13.